The fraction of sp³-hybridized carbons (Fsp3) is 0.538. The number of sulfonamides is 1. The Morgan fingerprint density at radius 3 is 2.32 bits per heavy atom. The van der Waals surface area contributed by atoms with Gasteiger partial charge in [0.05, 0.1) is 30.6 Å². The molecule has 1 aromatic carbocycles. The molecule has 0 aliphatic carbocycles. The van der Waals surface area contributed by atoms with Crippen LogP contribution in [0.2, 0.25) is 5.02 Å². The minimum atomic E-state index is -3.42. The SMILES string of the molecule is O=S(=O)(N[C@H]1C[NH+]2CCC1CC2)c1ccc(Cl)cc1. The first kappa shape index (κ1) is 13.4. The molecular formula is C13H18ClN2O2S+. The van der Waals surface area contributed by atoms with E-state index in [1.165, 1.54) is 18.0 Å². The van der Waals surface area contributed by atoms with Gasteiger partial charge in [-0.25, -0.2) is 13.1 Å². The first-order valence-corrected chi connectivity index (χ1v) is 8.52. The van der Waals surface area contributed by atoms with Crippen LogP contribution >= 0.6 is 11.6 Å². The first-order valence-electron chi connectivity index (χ1n) is 6.66. The first-order chi connectivity index (χ1) is 9.04. The summed E-state index contributed by atoms with van der Waals surface area (Å²) in [7, 11) is -3.42. The molecule has 2 N–H and O–H groups in total. The van der Waals surface area contributed by atoms with E-state index in [4.69, 9.17) is 11.6 Å². The molecule has 6 heteroatoms. The largest absolute Gasteiger partial charge is 0.334 e. The number of halogens is 1. The van der Waals surface area contributed by atoms with Crippen LogP contribution in [0.5, 0.6) is 0 Å². The fourth-order valence-corrected chi connectivity index (χ4v) is 4.58. The van der Waals surface area contributed by atoms with Crippen LogP contribution in [0.15, 0.2) is 29.2 Å². The standard InChI is InChI=1S/C13H17ClN2O2S/c14-11-1-3-12(4-2-11)19(17,18)15-13-9-16-7-5-10(13)6-8-16/h1-4,10,13,15H,5-9H2/p+1/t13-/m0/s1. The van der Waals surface area contributed by atoms with Gasteiger partial charge in [0, 0.05) is 17.9 Å². The van der Waals surface area contributed by atoms with E-state index in [2.05, 4.69) is 4.72 Å². The van der Waals surface area contributed by atoms with Crippen LogP contribution in [-0.4, -0.2) is 34.1 Å². The smallest absolute Gasteiger partial charge is 0.241 e. The molecule has 1 atom stereocenters. The Kier molecular flexibility index (Phi) is 3.55. The highest BCUT2D eigenvalue weighted by molar-refractivity contribution is 7.89. The summed E-state index contributed by atoms with van der Waals surface area (Å²) in [6, 6.07) is 6.41. The quantitative estimate of drug-likeness (QED) is 0.843. The van der Waals surface area contributed by atoms with E-state index in [0.29, 0.717) is 15.8 Å². The van der Waals surface area contributed by atoms with Gasteiger partial charge in [-0.1, -0.05) is 11.6 Å². The molecule has 0 amide bonds. The zero-order chi connectivity index (χ0) is 13.5. The molecule has 3 aliphatic rings. The number of fused-ring (bicyclic) bond motifs is 3. The van der Waals surface area contributed by atoms with Gasteiger partial charge in [0.15, 0.2) is 0 Å². The maximum absolute atomic E-state index is 12.3. The maximum Gasteiger partial charge on any atom is 0.241 e. The van der Waals surface area contributed by atoms with E-state index in [1.807, 2.05) is 0 Å². The number of nitrogens with one attached hydrogen (secondary N) is 2. The van der Waals surface area contributed by atoms with E-state index in [-0.39, 0.29) is 6.04 Å². The van der Waals surface area contributed by atoms with Crippen molar-refractivity contribution in [2.24, 2.45) is 5.92 Å². The predicted octanol–water partition coefficient (Wildman–Crippen LogP) is 0.295. The van der Waals surface area contributed by atoms with Gasteiger partial charge in [0.2, 0.25) is 10.0 Å². The molecule has 4 rings (SSSR count). The van der Waals surface area contributed by atoms with Crippen molar-refractivity contribution < 1.29 is 13.3 Å². The Labute approximate surface area is 118 Å². The minimum absolute atomic E-state index is 0.0816. The maximum atomic E-state index is 12.3. The van der Waals surface area contributed by atoms with Gasteiger partial charge >= 0.3 is 0 Å². The van der Waals surface area contributed by atoms with Gasteiger partial charge in [-0.05, 0) is 30.2 Å². The lowest BCUT2D eigenvalue weighted by Crippen LogP contribution is -3.17. The normalized spacial score (nSPS) is 30.5. The third-order valence-corrected chi connectivity index (χ3v) is 6.00. The zero-order valence-electron chi connectivity index (χ0n) is 10.6. The van der Waals surface area contributed by atoms with Crippen molar-refractivity contribution in [2.45, 2.75) is 23.8 Å². The van der Waals surface area contributed by atoms with E-state index < -0.39 is 10.0 Å². The number of hydrogen-bond acceptors (Lipinski definition) is 2. The third-order valence-electron chi connectivity index (χ3n) is 4.25. The van der Waals surface area contributed by atoms with Gasteiger partial charge < -0.3 is 4.90 Å². The number of piperidine rings is 3. The summed E-state index contributed by atoms with van der Waals surface area (Å²) in [4.78, 5) is 1.81. The molecule has 0 spiro atoms. The monoisotopic (exact) mass is 301 g/mol. The molecular weight excluding hydrogens is 284 g/mol. The Morgan fingerprint density at radius 2 is 1.79 bits per heavy atom. The van der Waals surface area contributed by atoms with Crippen LogP contribution in [0.4, 0.5) is 0 Å². The van der Waals surface area contributed by atoms with Crippen molar-refractivity contribution in [3.05, 3.63) is 29.3 Å². The van der Waals surface area contributed by atoms with Crippen molar-refractivity contribution in [2.75, 3.05) is 19.6 Å². The molecule has 3 aliphatic heterocycles. The van der Waals surface area contributed by atoms with Gasteiger partial charge in [-0.3, -0.25) is 0 Å². The Hall–Kier alpha value is -0.620. The van der Waals surface area contributed by atoms with Crippen molar-refractivity contribution in [1.82, 2.24) is 4.72 Å². The summed E-state index contributed by atoms with van der Waals surface area (Å²) < 4.78 is 27.5. The number of benzene rings is 1. The number of quaternary nitrogens is 1. The van der Waals surface area contributed by atoms with Crippen molar-refractivity contribution in [3.63, 3.8) is 0 Å². The summed E-state index contributed by atoms with van der Waals surface area (Å²) in [5.74, 6) is 0.500. The molecule has 4 nitrogen and oxygen atoms in total. The molecule has 2 bridgehead atoms. The van der Waals surface area contributed by atoms with Crippen LogP contribution in [0.1, 0.15) is 12.8 Å². The lowest BCUT2D eigenvalue weighted by Gasteiger charge is -2.41. The van der Waals surface area contributed by atoms with Gasteiger partial charge in [-0.15, -0.1) is 0 Å². The molecule has 0 unspecified atom stereocenters. The molecule has 3 fully saturated rings. The Morgan fingerprint density at radius 1 is 1.16 bits per heavy atom. The molecule has 1 aromatic rings. The molecule has 0 aromatic heterocycles. The van der Waals surface area contributed by atoms with Crippen LogP contribution in [0.25, 0.3) is 0 Å². The van der Waals surface area contributed by atoms with Crippen LogP contribution in [0, 0.1) is 5.92 Å². The highest BCUT2D eigenvalue weighted by atomic mass is 35.5. The van der Waals surface area contributed by atoms with E-state index in [1.54, 1.807) is 24.3 Å². The average Bonchev–Trinajstić information content (AvgIpc) is 2.40. The van der Waals surface area contributed by atoms with Crippen LogP contribution in [0.3, 0.4) is 0 Å². The van der Waals surface area contributed by atoms with E-state index in [9.17, 15) is 8.42 Å². The lowest BCUT2D eigenvalue weighted by molar-refractivity contribution is -0.917. The van der Waals surface area contributed by atoms with E-state index >= 15 is 0 Å². The minimum Gasteiger partial charge on any atom is -0.334 e. The molecule has 104 valence electrons. The second-order valence-corrected chi connectivity index (χ2v) is 7.62. The predicted molar refractivity (Wildman–Crippen MR) is 73.8 cm³/mol. The van der Waals surface area contributed by atoms with Gasteiger partial charge in [0.1, 0.15) is 0 Å². The summed E-state index contributed by atoms with van der Waals surface area (Å²) in [6.45, 7) is 3.28. The number of rotatable bonds is 3. The van der Waals surface area contributed by atoms with Crippen molar-refractivity contribution in [1.29, 1.82) is 0 Å². The highest BCUT2D eigenvalue weighted by Gasteiger charge is 2.39. The van der Waals surface area contributed by atoms with E-state index in [0.717, 1.165) is 19.4 Å². The van der Waals surface area contributed by atoms with Gasteiger partial charge in [0.25, 0.3) is 0 Å². The molecule has 3 heterocycles. The van der Waals surface area contributed by atoms with Crippen molar-refractivity contribution in [3.8, 4) is 0 Å². The summed E-state index contributed by atoms with van der Waals surface area (Å²) in [6.07, 6.45) is 2.26. The fourth-order valence-electron chi connectivity index (χ4n) is 3.15. The highest BCUT2D eigenvalue weighted by Crippen LogP contribution is 2.21. The van der Waals surface area contributed by atoms with Crippen LogP contribution < -0.4 is 9.62 Å². The summed E-state index contributed by atoms with van der Waals surface area (Å²) in [5, 5.41) is 0.547. The molecule has 0 saturated carbocycles. The van der Waals surface area contributed by atoms with Crippen molar-refractivity contribution >= 4 is 21.6 Å². The van der Waals surface area contributed by atoms with Crippen LogP contribution in [-0.2, 0) is 10.0 Å². The molecule has 3 saturated heterocycles. The lowest BCUT2D eigenvalue weighted by atomic mass is 9.85. The third kappa shape index (κ3) is 2.79. The zero-order valence-corrected chi connectivity index (χ0v) is 12.2. The number of hydrogen-bond donors (Lipinski definition) is 2. The molecule has 0 radical (unpaired) electrons. The second kappa shape index (κ2) is 5.05. The average molecular weight is 302 g/mol. The second-order valence-electron chi connectivity index (χ2n) is 5.47. The summed E-state index contributed by atoms with van der Waals surface area (Å²) >= 11 is 5.79. The Bertz CT molecular complexity index is 551. The molecule has 19 heavy (non-hydrogen) atoms. The topological polar surface area (TPSA) is 50.6 Å². The Balaban J connectivity index is 1.76. The summed E-state index contributed by atoms with van der Waals surface area (Å²) in [5.41, 5.74) is 0. The van der Waals surface area contributed by atoms with Gasteiger partial charge in [-0.2, -0.15) is 0 Å².